The lowest BCUT2D eigenvalue weighted by Crippen LogP contribution is -2.30. The number of hydrogen-bond donors (Lipinski definition) is 1. The molecule has 2 rings (SSSR count). The van der Waals surface area contributed by atoms with Crippen molar-refractivity contribution in [1.29, 1.82) is 0 Å². The van der Waals surface area contributed by atoms with E-state index >= 15 is 0 Å². The molecule has 1 N–H and O–H groups in total. The van der Waals surface area contributed by atoms with Crippen LogP contribution in [0, 0.1) is 6.92 Å². The van der Waals surface area contributed by atoms with E-state index in [2.05, 4.69) is 5.32 Å². The summed E-state index contributed by atoms with van der Waals surface area (Å²) in [6.07, 6.45) is 1.93. The van der Waals surface area contributed by atoms with Crippen LogP contribution in [-0.4, -0.2) is 40.3 Å². The molecule has 0 aliphatic rings. The third kappa shape index (κ3) is 6.35. The summed E-state index contributed by atoms with van der Waals surface area (Å²) in [6, 6.07) is 14.3. The van der Waals surface area contributed by atoms with Crippen molar-refractivity contribution < 1.29 is 17.9 Å². The van der Waals surface area contributed by atoms with Gasteiger partial charge < -0.3 is 10.1 Å². The average molecular weight is 405 g/mol. The lowest BCUT2D eigenvalue weighted by molar-refractivity contribution is 0.0944. The molecule has 6 nitrogen and oxygen atoms in total. The van der Waals surface area contributed by atoms with Gasteiger partial charge in [0.2, 0.25) is 10.0 Å². The first-order valence-corrected chi connectivity index (χ1v) is 11.2. The maximum absolute atomic E-state index is 12.3. The van der Waals surface area contributed by atoms with Crippen LogP contribution in [0.3, 0.4) is 0 Å². The lowest BCUT2D eigenvalue weighted by Gasteiger charge is -2.23. The van der Waals surface area contributed by atoms with E-state index in [0.29, 0.717) is 31.0 Å². The monoisotopic (exact) mass is 404 g/mol. The normalized spacial score (nSPS) is 11.2. The summed E-state index contributed by atoms with van der Waals surface area (Å²) in [4.78, 5) is 12.2. The number of aryl methyl sites for hydroxylation is 1. The number of rotatable bonds is 10. The predicted molar refractivity (Wildman–Crippen MR) is 112 cm³/mol. The average Bonchev–Trinajstić information content (AvgIpc) is 2.66. The molecule has 0 fully saturated rings. The van der Waals surface area contributed by atoms with E-state index < -0.39 is 10.0 Å². The SMILES string of the molecule is CCOCCCNC(=O)c1ccc(N(Cc2ccccc2C)S(C)(=O)=O)cc1. The quantitative estimate of drug-likeness (QED) is 0.618. The van der Waals surface area contributed by atoms with E-state index in [0.717, 1.165) is 17.5 Å². The predicted octanol–water partition coefficient (Wildman–Crippen LogP) is 3.12. The Morgan fingerprint density at radius 3 is 2.39 bits per heavy atom. The molecular formula is C21H28N2O4S. The molecule has 152 valence electrons. The van der Waals surface area contributed by atoms with Crippen LogP contribution in [-0.2, 0) is 21.3 Å². The summed E-state index contributed by atoms with van der Waals surface area (Å²) < 4.78 is 31.2. The Morgan fingerprint density at radius 1 is 1.11 bits per heavy atom. The summed E-state index contributed by atoms with van der Waals surface area (Å²) in [6.45, 7) is 5.93. The first-order valence-electron chi connectivity index (χ1n) is 9.31. The van der Waals surface area contributed by atoms with Gasteiger partial charge in [-0.15, -0.1) is 0 Å². The molecule has 0 bridgehead atoms. The zero-order valence-corrected chi connectivity index (χ0v) is 17.5. The highest BCUT2D eigenvalue weighted by molar-refractivity contribution is 7.92. The Kier molecular flexibility index (Phi) is 8.02. The van der Waals surface area contributed by atoms with Gasteiger partial charge in [0.25, 0.3) is 5.91 Å². The second kappa shape index (κ2) is 10.2. The molecule has 2 aromatic rings. The molecule has 0 heterocycles. The molecule has 1 amide bonds. The van der Waals surface area contributed by atoms with Gasteiger partial charge in [-0.05, 0) is 55.7 Å². The van der Waals surface area contributed by atoms with Gasteiger partial charge in [-0.3, -0.25) is 9.10 Å². The minimum absolute atomic E-state index is 0.187. The van der Waals surface area contributed by atoms with Gasteiger partial charge in [-0.1, -0.05) is 24.3 Å². The largest absolute Gasteiger partial charge is 0.382 e. The molecule has 28 heavy (non-hydrogen) atoms. The zero-order chi connectivity index (χ0) is 20.6. The van der Waals surface area contributed by atoms with Crippen molar-refractivity contribution >= 4 is 21.6 Å². The van der Waals surface area contributed by atoms with Gasteiger partial charge in [-0.25, -0.2) is 8.42 Å². The van der Waals surface area contributed by atoms with Gasteiger partial charge in [0, 0.05) is 25.3 Å². The topological polar surface area (TPSA) is 75.7 Å². The standard InChI is InChI=1S/C21H28N2O4S/c1-4-27-15-7-14-22-21(24)18-10-12-20(13-11-18)23(28(3,25)26)16-19-9-6-5-8-17(19)2/h5-6,8-13H,4,7,14-16H2,1-3H3,(H,22,24). The number of ether oxygens (including phenoxy) is 1. The van der Waals surface area contributed by atoms with E-state index in [1.54, 1.807) is 24.3 Å². The summed E-state index contributed by atoms with van der Waals surface area (Å²) in [5.41, 5.74) is 2.98. The molecule has 0 saturated carbocycles. The number of nitrogens with one attached hydrogen (secondary N) is 1. The lowest BCUT2D eigenvalue weighted by atomic mass is 10.1. The van der Waals surface area contributed by atoms with E-state index in [-0.39, 0.29) is 12.5 Å². The molecule has 0 atom stereocenters. The number of carbonyl (C=O) groups is 1. The maximum atomic E-state index is 12.3. The highest BCUT2D eigenvalue weighted by Gasteiger charge is 2.19. The van der Waals surface area contributed by atoms with Crippen molar-refractivity contribution in [3.63, 3.8) is 0 Å². The van der Waals surface area contributed by atoms with Crippen molar-refractivity contribution in [2.75, 3.05) is 30.3 Å². The Hall–Kier alpha value is -2.38. The number of sulfonamides is 1. The fraction of sp³-hybridized carbons (Fsp3) is 0.381. The second-order valence-corrected chi connectivity index (χ2v) is 8.46. The van der Waals surface area contributed by atoms with Crippen LogP contribution in [0.1, 0.15) is 34.8 Å². The van der Waals surface area contributed by atoms with Gasteiger partial charge >= 0.3 is 0 Å². The summed E-state index contributed by atoms with van der Waals surface area (Å²) >= 11 is 0. The molecule has 0 aliphatic heterocycles. The minimum atomic E-state index is -3.47. The van der Waals surface area contributed by atoms with Crippen LogP contribution in [0.25, 0.3) is 0 Å². The Labute approximate surface area is 167 Å². The van der Waals surface area contributed by atoms with E-state index in [4.69, 9.17) is 4.74 Å². The number of benzene rings is 2. The second-order valence-electron chi connectivity index (χ2n) is 6.55. The molecule has 2 aromatic carbocycles. The third-order valence-corrected chi connectivity index (χ3v) is 5.49. The van der Waals surface area contributed by atoms with Gasteiger partial charge in [0.05, 0.1) is 18.5 Å². The number of anilines is 1. The van der Waals surface area contributed by atoms with Gasteiger partial charge in [0.15, 0.2) is 0 Å². The molecule has 0 aliphatic carbocycles. The number of nitrogens with zero attached hydrogens (tertiary/aromatic N) is 1. The minimum Gasteiger partial charge on any atom is -0.382 e. The molecule has 0 saturated heterocycles. The van der Waals surface area contributed by atoms with E-state index in [9.17, 15) is 13.2 Å². The highest BCUT2D eigenvalue weighted by Crippen LogP contribution is 2.22. The van der Waals surface area contributed by atoms with Gasteiger partial charge in [-0.2, -0.15) is 0 Å². The van der Waals surface area contributed by atoms with Crippen molar-refractivity contribution in [1.82, 2.24) is 5.32 Å². The number of carbonyl (C=O) groups excluding carboxylic acids is 1. The summed E-state index contributed by atoms with van der Waals surface area (Å²) in [7, 11) is -3.47. The van der Waals surface area contributed by atoms with Crippen molar-refractivity contribution in [3.05, 3.63) is 65.2 Å². The van der Waals surface area contributed by atoms with Crippen LogP contribution < -0.4 is 9.62 Å². The third-order valence-electron chi connectivity index (χ3n) is 4.35. The van der Waals surface area contributed by atoms with Gasteiger partial charge in [0.1, 0.15) is 0 Å². The number of hydrogen-bond acceptors (Lipinski definition) is 4. The molecule has 0 aromatic heterocycles. The van der Waals surface area contributed by atoms with Crippen LogP contribution >= 0.6 is 0 Å². The first kappa shape index (κ1) is 21.9. The van der Waals surface area contributed by atoms with E-state index in [1.165, 1.54) is 10.6 Å². The van der Waals surface area contributed by atoms with Crippen molar-refractivity contribution in [2.45, 2.75) is 26.8 Å². The fourth-order valence-electron chi connectivity index (χ4n) is 2.74. The molecule has 7 heteroatoms. The maximum Gasteiger partial charge on any atom is 0.251 e. The van der Waals surface area contributed by atoms with Crippen LogP contribution in [0.2, 0.25) is 0 Å². The Balaban J connectivity index is 2.09. The molecular weight excluding hydrogens is 376 g/mol. The molecule has 0 radical (unpaired) electrons. The molecule has 0 unspecified atom stereocenters. The smallest absolute Gasteiger partial charge is 0.251 e. The van der Waals surface area contributed by atoms with Crippen molar-refractivity contribution in [2.24, 2.45) is 0 Å². The Morgan fingerprint density at radius 2 is 1.79 bits per heavy atom. The van der Waals surface area contributed by atoms with E-state index in [1.807, 2.05) is 38.1 Å². The Bertz CT molecular complexity index is 880. The highest BCUT2D eigenvalue weighted by atomic mass is 32.2. The van der Waals surface area contributed by atoms with Crippen LogP contribution in [0.5, 0.6) is 0 Å². The van der Waals surface area contributed by atoms with Crippen LogP contribution in [0.15, 0.2) is 48.5 Å². The number of amides is 1. The molecule has 0 spiro atoms. The zero-order valence-electron chi connectivity index (χ0n) is 16.6. The summed E-state index contributed by atoms with van der Waals surface area (Å²) in [5.74, 6) is -0.187. The van der Waals surface area contributed by atoms with Crippen LogP contribution in [0.4, 0.5) is 5.69 Å². The first-order chi connectivity index (χ1) is 13.3. The van der Waals surface area contributed by atoms with Crippen molar-refractivity contribution in [3.8, 4) is 0 Å². The fourth-order valence-corrected chi connectivity index (χ4v) is 3.62. The summed E-state index contributed by atoms with van der Waals surface area (Å²) in [5, 5.41) is 2.83.